The topological polar surface area (TPSA) is 45.5 Å². The van der Waals surface area contributed by atoms with Gasteiger partial charge >= 0.3 is 0 Å². The number of hydrogen-bond acceptors (Lipinski definition) is 2. The van der Waals surface area contributed by atoms with Crippen LogP contribution in [-0.4, -0.2) is 28.2 Å². The molecule has 0 bridgehead atoms. The van der Waals surface area contributed by atoms with E-state index in [0.717, 1.165) is 110 Å². The second kappa shape index (κ2) is 30.9. The second-order valence-electron chi connectivity index (χ2n) is 33.8. The van der Waals surface area contributed by atoms with Crippen molar-refractivity contribution in [2.75, 3.05) is 0 Å². The van der Waals surface area contributed by atoms with E-state index in [2.05, 4.69) is 334 Å². The zero-order chi connectivity index (χ0) is 76.9. The van der Waals surface area contributed by atoms with Gasteiger partial charge in [-0.05, 0) is 180 Å². The van der Waals surface area contributed by atoms with Crippen molar-refractivity contribution in [1.29, 1.82) is 0 Å². The lowest BCUT2D eigenvalue weighted by molar-refractivity contribution is 0.397. The van der Waals surface area contributed by atoms with Gasteiger partial charge in [0.05, 0.1) is 11.0 Å². The summed E-state index contributed by atoms with van der Waals surface area (Å²) >= 11 is 0. The van der Waals surface area contributed by atoms with Crippen LogP contribution in [-0.2, 0) is 37.0 Å². The molecule has 13 aromatic carbocycles. The Morgan fingerprint density at radius 1 is 0.198 bits per heavy atom. The fourth-order valence-corrected chi connectivity index (χ4v) is 21.9. The Labute approximate surface area is 680 Å². The zero-order valence-electron chi connectivity index (χ0n) is 66.7. The maximum absolute atomic E-state index is 5.41. The summed E-state index contributed by atoms with van der Waals surface area (Å²) in [5.74, 6) is 0. The van der Waals surface area contributed by atoms with Crippen molar-refractivity contribution in [3.8, 4) is 44.5 Å². The molecule has 0 saturated carbocycles. The summed E-state index contributed by atoms with van der Waals surface area (Å²) in [6.07, 6.45) is 27.8. The van der Waals surface area contributed by atoms with Crippen LogP contribution in [0, 0.1) is 0 Å². The van der Waals surface area contributed by atoms with Gasteiger partial charge in [0.25, 0.3) is 0 Å². The molecule has 6 heteroatoms. The number of nitrogens with zero attached hydrogens (tertiary/aromatic N) is 6. The molecule has 0 amide bonds. The van der Waals surface area contributed by atoms with Crippen LogP contribution in [0.1, 0.15) is 151 Å². The number of pyridine rings is 2. The number of unbranched alkanes of at least 4 members (excludes halogenated alkanes) is 12. The molecule has 6 aromatic heterocycles. The molecule has 0 atom stereocenters. The molecular formula is C110H100N6. The number of rotatable bonds is 30. The number of para-hydroxylation sites is 8. The maximum atomic E-state index is 5.41. The van der Waals surface area contributed by atoms with Crippen molar-refractivity contribution in [1.82, 2.24) is 28.2 Å². The Balaban J connectivity index is 0.551. The van der Waals surface area contributed by atoms with Gasteiger partial charge in [-0.25, -0.2) is 0 Å². The zero-order valence-corrected chi connectivity index (χ0v) is 66.7. The van der Waals surface area contributed by atoms with Crippen molar-refractivity contribution in [2.45, 2.75) is 165 Å². The van der Waals surface area contributed by atoms with E-state index in [9.17, 15) is 0 Å². The minimum atomic E-state index is -0.0963. The van der Waals surface area contributed by atoms with E-state index in [4.69, 9.17) is 9.97 Å². The molecule has 0 saturated heterocycles. The van der Waals surface area contributed by atoms with Crippen LogP contribution in [0.5, 0.6) is 0 Å². The first-order chi connectivity index (χ1) is 57.5. The van der Waals surface area contributed by atoms with Crippen molar-refractivity contribution >= 4 is 109 Å². The van der Waals surface area contributed by atoms with Gasteiger partial charge in [0.15, 0.2) is 0 Å². The van der Waals surface area contributed by atoms with Crippen molar-refractivity contribution in [3.63, 3.8) is 0 Å². The fourth-order valence-electron chi connectivity index (χ4n) is 21.9. The lowest BCUT2D eigenvalue weighted by Gasteiger charge is -2.33. The standard InChI is InChI=1S/C110H100N6/c1(5-33-67-113-99-49-21-11-39-87(99)88-40-12-22-50-100(88)113)29-63-109(64-30-2-6-34-68-114-101-51-23-13-41-89(101)90-42-14-24-52-102(90)114)95-47-19-9-37-83(95)85-61-59-77(73-97(85)109)81-71-79-57-58-80-72-82(76-112-108(80)107(79)111-75-81)78-60-62-86-84-38-10-20-48-96(84)110(98(86)74-78,65-31-3-7-35-69-115-103-53-25-15-43-91(103)92-44-16-26-54-104(92)115)66-32-4-8-36-70-116-105-55-27-17-45-93(105)94-46-18-28-56-106(94)116/h9-28,37-62,71-76H,1-8,29-36,63-70H2. The lowest BCUT2D eigenvalue weighted by atomic mass is 9.70. The van der Waals surface area contributed by atoms with E-state index in [1.165, 1.54) is 220 Å². The molecule has 570 valence electrons. The number of fused-ring (bicyclic) bond motifs is 21. The van der Waals surface area contributed by atoms with E-state index in [0.29, 0.717) is 0 Å². The molecule has 21 rings (SSSR count). The second-order valence-corrected chi connectivity index (χ2v) is 33.8. The Morgan fingerprint density at radius 2 is 0.440 bits per heavy atom. The number of aryl methyl sites for hydroxylation is 4. The van der Waals surface area contributed by atoms with Crippen LogP contribution in [0.15, 0.2) is 316 Å². The van der Waals surface area contributed by atoms with Crippen LogP contribution in [0.25, 0.3) is 154 Å². The number of hydrogen-bond donors (Lipinski definition) is 0. The average Bonchev–Trinajstić information content (AvgIpc) is 1.56. The summed E-state index contributed by atoms with van der Waals surface area (Å²) < 4.78 is 10.3. The van der Waals surface area contributed by atoms with Crippen molar-refractivity contribution < 1.29 is 0 Å². The van der Waals surface area contributed by atoms with E-state index in [1.54, 1.807) is 0 Å². The molecular weight excluding hydrogens is 1410 g/mol. The third-order valence-electron chi connectivity index (χ3n) is 27.4. The largest absolute Gasteiger partial charge is 0.340 e. The molecule has 0 radical (unpaired) electrons. The predicted octanol–water partition coefficient (Wildman–Crippen LogP) is 29.7. The van der Waals surface area contributed by atoms with E-state index < -0.39 is 0 Å². The molecule has 0 aliphatic heterocycles. The highest BCUT2D eigenvalue weighted by molar-refractivity contribution is 6.11. The Hall–Kier alpha value is -12.1. The summed E-state index contributed by atoms with van der Waals surface area (Å²) in [6, 6.07) is 115. The molecule has 6 nitrogen and oxygen atoms in total. The van der Waals surface area contributed by atoms with Gasteiger partial charge in [-0.15, -0.1) is 0 Å². The summed E-state index contributed by atoms with van der Waals surface area (Å²) in [7, 11) is 0. The predicted molar refractivity (Wildman–Crippen MR) is 490 cm³/mol. The Bertz CT molecular complexity index is 6030. The Kier molecular flexibility index (Phi) is 19.1. The summed E-state index contributed by atoms with van der Waals surface area (Å²) in [5.41, 5.74) is 28.9. The number of aromatic nitrogens is 6. The van der Waals surface area contributed by atoms with Crippen LogP contribution in [0.2, 0.25) is 0 Å². The summed E-state index contributed by atoms with van der Waals surface area (Å²) in [5, 5.41) is 13.1. The lowest BCUT2D eigenvalue weighted by Crippen LogP contribution is -2.25. The van der Waals surface area contributed by atoms with Gasteiger partial charge in [-0.2, -0.15) is 0 Å². The molecule has 0 spiro atoms. The highest BCUT2D eigenvalue weighted by atomic mass is 15.0. The SMILES string of the molecule is c1ccc2c(c1)-c1ccc(-c3cnc4c(ccc5cc(-c6ccc7c(c6)C(CCCCCCn6c8ccccc8c8ccccc86)(CCCCCCn6c8ccccc8c8ccccc86)c6ccccc6-7)cnc54)c3)cc1C2(CCCCCCn1c2ccccc2c2ccccc21)CCCCCCn1c2ccccc2c2ccccc21. The molecule has 116 heavy (non-hydrogen) atoms. The highest BCUT2D eigenvalue weighted by Gasteiger charge is 2.44. The van der Waals surface area contributed by atoms with Crippen LogP contribution < -0.4 is 0 Å². The molecule has 2 aliphatic rings. The minimum absolute atomic E-state index is 0.0963. The van der Waals surface area contributed by atoms with E-state index >= 15 is 0 Å². The van der Waals surface area contributed by atoms with Gasteiger partial charge in [-0.1, -0.05) is 308 Å². The van der Waals surface area contributed by atoms with Crippen molar-refractivity contribution in [3.05, 3.63) is 338 Å². The van der Waals surface area contributed by atoms with E-state index in [1.807, 2.05) is 0 Å². The third kappa shape index (κ3) is 12.6. The monoisotopic (exact) mass is 1500 g/mol. The first kappa shape index (κ1) is 71.6. The summed E-state index contributed by atoms with van der Waals surface area (Å²) in [4.78, 5) is 10.8. The fraction of sp³-hybridized carbons (Fsp3) is 0.236. The van der Waals surface area contributed by atoms with Crippen LogP contribution >= 0.6 is 0 Å². The maximum Gasteiger partial charge on any atom is 0.0965 e. The smallest absolute Gasteiger partial charge is 0.0965 e. The number of benzene rings is 13. The van der Waals surface area contributed by atoms with Crippen LogP contribution in [0.4, 0.5) is 0 Å². The molecule has 0 fully saturated rings. The van der Waals surface area contributed by atoms with Crippen LogP contribution in [0.3, 0.4) is 0 Å². The van der Waals surface area contributed by atoms with Gasteiger partial charge in [-0.3, -0.25) is 9.97 Å². The molecule has 0 N–H and O–H groups in total. The highest BCUT2D eigenvalue weighted by Crippen LogP contribution is 2.57. The summed E-state index contributed by atoms with van der Waals surface area (Å²) in [6.45, 7) is 4.13. The minimum Gasteiger partial charge on any atom is -0.340 e. The quantitative estimate of drug-likeness (QED) is 0.0333. The third-order valence-corrected chi connectivity index (χ3v) is 27.4. The Morgan fingerprint density at radius 3 is 0.724 bits per heavy atom. The van der Waals surface area contributed by atoms with Gasteiger partial charge in [0.2, 0.25) is 0 Å². The average molecular weight is 1510 g/mol. The molecule has 6 heterocycles. The van der Waals surface area contributed by atoms with Gasteiger partial charge in [0.1, 0.15) is 0 Å². The van der Waals surface area contributed by atoms with E-state index in [-0.39, 0.29) is 10.8 Å². The molecule has 2 aliphatic carbocycles. The van der Waals surface area contributed by atoms with Gasteiger partial charge < -0.3 is 18.3 Å². The molecule has 0 unspecified atom stereocenters. The molecule has 19 aromatic rings. The first-order valence-corrected chi connectivity index (χ1v) is 43.6. The first-order valence-electron chi connectivity index (χ1n) is 43.6. The normalized spacial score (nSPS) is 13.4. The van der Waals surface area contributed by atoms with Gasteiger partial charge in [0, 0.05) is 159 Å². The van der Waals surface area contributed by atoms with Crippen molar-refractivity contribution in [2.24, 2.45) is 0 Å².